The molecule has 1 aromatic rings. The normalized spacial score (nSPS) is 11.9. The first kappa shape index (κ1) is 10.2. The number of halogens is 1. The average Bonchev–Trinajstić information content (AvgIpc) is 2.29. The van der Waals surface area contributed by atoms with E-state index in [-0.39, 0.29) is 6.42 Å². The summed E-state index contributed by atoms with van der Waals surface area (Å²) >= 11 is 0. The fourth-order valence-electron chi connectivity index (χ4n) is 1.02. The Balaban J connectivity index is 2.71. The van der Waals surface area contributed by atoms with E-state index in [1.54, 1.807) is 17.9 Å². The highest BCUT2D eigenvalue weighted by atomic mass is 32.3. The second-order valence-electron chi connectivity index (χ2n) is 2.87. The van der Waals surface area contributed by atoms with Gasteiger partial charge in [0, 0.05) is 12.7 Å². The van der Waals surface area contributed by atoms with E-state index < -0.39 is 16.0 Å². The lowest BCUT2D eigenvalue weighted by molar-refractivity contribution is 0.551. The smallest absolute Gasteiger partial charge is 0.273 e. The molecule has 0 saturated heterocycles. The van der Waals surface area contributed by atoms with Crippen LogP contribution in [0.15, 0.2) is 6.20 Å². The van der Waals surface area contributed by atoms with Crippen LogP contribution in [0.1, 0.15) is 11.3 Å². The van der Waals surface area contributed by atoms with Gasteiger partial charge in [-0.05, 0) is 18.9 Å². The molecular formula is C7H11FN2O2S. The molecule has 0 spiro atoms. The third-order valence-electron chi connectivity index (χ3n) is 1.95. The third kappa shape index (κ3) is 2.80. The van der Waals surface area contributed by atoms with Gasteiger partial charge in [0.2, 0.25) is 0 Å². The molecule has 0 aliphatic carbocycles. The molecule has 0 bridgehead atoms. The second kappa shape index (κ2) is 3.45. The van der Waals surface area contributed by atoms with Crippen molar-refractivity contribution in [3.05, 3.63) is 17.5 Å². The fourth-order valence-corrected chi connectivity index (χ4v) is 1.49. The maximum atomic E-state index is 12.2. The Morgan fingerprint density at radius 1 is 1.62 bits per heavy atom. The fraction of sp³-hybridized carbons (Fsp3) is 0.571. The van der Waals surface area contributed by atoms with Gasteiger partial charge in [-0.1, -0.05) is 0 Å². The molecule has 1 heterocycles. The summed E-state index contributed by atoms with van der Waals surface area (Å²) in [5, 5.41) is 3.92. The molecule has 1 rings (SSSR count). The van der Waals surface area contributed by atoms with Crippen molar-refractivity contribution in [2.24, 2.45) is 7.05 Å². The van der Waals surface area contributed by atoms with Crippen molar-refractivity contribution < 1.29 is 12.3 Å². The Bertz CT molecular complexity index is 397. The summed E-state index contributed by atoms with van der Waals surface area (Å²) in [6.45, 7) is 1.81. The Hall–Kier alpha value is -0.910. The van der Waals surface area contributed by atoms with Crippen LogP contribution in [-0.4, -0.2) is 24.0 Å². The highest BCUT2D eigenvalue weighted by Crippen LogP contribution is 2.08. The average molecular weight is 206 g/mol. The predicted molar refractivity (Wildman–Crippen MR) is 46.5 cm³/mol. The Morgan fingerprint density at radius 2 is 2.23 bits per heavy atom. The van der Waals surface area contributed by atoms with E-state index >= 15 is 0 Å². The van der Waals surface area contributed by atoms with E-state index in [0.717, 1.165) is 11.3 Å². The van der Waals surface area contributed by atoms with Crippen LogP contribution in [-0.2, 0) is 23.7 Å². The molecule has 0 aromatic carbocycles. The summed E-state index contributed by atoms with van der Waals surface area (Å²) in [5.74, 6) is -0.473. The summed E-state index contributed by atoms with van der Waals surface area (Å²) in [5.41, 5.74) is 1.63. The molecule has 0 unspecified atom stereocenters. The van der Waals surface area contributed by atoms with Crippen LogP contribution in [0.4, 0.5) is 3.89 Å². The molecule has 74 valence electrons. The van der Waals surface area contributed by atoms with Crippen molar-refractivity contribution in [1.82, 2.24) is 9.78 Å². The standard InChI is InChI=1S/C7H11FN2O2S/c1-6-7(5-9-10(6)2)3-4-13(8,11)12/h5H,3-4H2,1-2H3. The topological polar surface area (TPSA) is 52.0 Å². The van der Waals surface area contributed by atoms with Gasteiger partial charge >= 0.3 is 10.2 Å². The van der Waals surface area contributed by atoms with Gasteiger partial charge in [0.15, 0.2) is 0 Å². The van der Waals surface area contributed by atoms with E-state index in [1.165, 1.54) is 0 Å². The molecule has 1 aromatic heterocycles. The molecule has 0 aliphatic rings. The molecule has 0 fully saturated rings. The molecule has 0 saturated carbocycles. The molecule has 0 N–H and O–H groups in total. The zero-order valence-corrected chi connectivity index (χ0v) is 8.31. The molecular weight excluding hydrogens is 195 g/mol. The van der Waals surface area contributed by atoms with Crippen LogP contribution >= 0.6 is 0 Å². The van der Waals surface area contributed by atoms with E-state index in [2.05, 4.69) is 5.10 Å². The zero-order chi connectivity index (χ0) is 10.1. The monoisotopic (exact) mass is 206 g/mol. The lowest BCUT2D eigenvalue weighted by atomic mass is 10.2. The number of rotatable bonds is 3. The highest BCUT2D eigenvalue weighted by Gasteiger charge is 2.10. The van der Waals surface area contributed by atoms with Crippen LogP contribution in [0.5, 0.6) is 0 Å². The summed E-state index contributed by atoms with van der Waals surface area (Å²) in [4.78, 5) is 0. The molecule has 0 aliphatic heterocycles. The largest absolute Gasteiger partial charge is 0.302 e. The van der Waals surface area contributed by atoms with Gasteiger partial charge in [0.25, 0.3) is 0 Å². The summed E-state index contributed by atoms with van der Waals surface area (Å²) < 4.78 is 34.2. The maximum absolute atomic E-state index is 12.2. The van der Waals surface area contributed by atoms with Gasteiger partial charge in [0.1, 0.15) is 0 Å². The van der Waals surface area contributed by atoms with Crippen molar-refractivity contribution in [1.29, 1.82) is 0 Å². The predicted octanol–water partition coefficient (Wildman–Crippen LogP) is 0.570. The van der Waals surface area contributed by atoms with Crippen molar-refractivity contribution in [3.63, 3.8) is 0 Å². The van der Waals surface area contributed by atoms with Crippen molar-refractivity contribution in [2.75, 3.05) is 5.75 Å². The van der Waals surface area contributed by atoms with Gasteiger partial charge in [-0.3, -0.25) is 4.68 Å². The lowest BCUT2D eigenvalue weighted by Gasteiger charge is -1.97. The molecule has 13 heavy (non-hydrogen) atoms. The minimum atomic E-state index is -4.37. The van der Waals surface area contributed by atoms with Gasteiger partial charge in [0.05, 0.1) is 11.9 Å². The summed E-state index contributed by atoms with van der Waals surface area (Å²) in [6, 6.07) is 0. The number of hydrogen-bond acceptors (Lipinski definition) is 3. The Labute approximate surface area is 76.6 Å². The quantitative estimate of drug-likeness (QED) is 0.679. The van der Waals surface area contributed by atoms with Gasteiger partial charge in [-0.2, -0.15) is 13.5 Å². The number of aryl methyl sites for hydroxylation is 2. The molecule has 6 heteroatoms. The van der Waals surface area contributed by atoms with Crippen LogP contribution in [0, 0.1) is 6.92 Å². The first-order chi connectivity index (χ1) is 5.90. The first-order valence-electron chi connectivity index (χ1n) is 3.80. The molecule has 0 amide bonds. The highest BCUT2D eigenvalue weighted by molar-refractivity contribution is 7.86. The van der Waals surface area contributed by atoms with Crippen molar-refractivity contribution >= 4 is 10.2 Å². The van der Waals surface area contributed by atoms with E-state index in [0.29, 0.717) is 0 Å². The summed E-state index contributed by atoms with van der Waals surface area (Å²) in [7, 11) is -2.61. The van der Waals surface area contributed by atoms with Crippen molar-refractivity contribution in [2.45, 2.75) is 13.3 Å². The second-order valence-corrected chi connectivity index (χ2v) is 4.36. The number of hydrogen-bond donors (Lipinski definition) is 0. The Kier molecular flexibility index (Phi) is 2.70. The first-order valence-corrected chi connectivity index (χ1v) is 5.35. The van der Waals surface area contributed by atoms with E-state index in [4.69, 9.17) is 0 Å². The molecule has 4 nitrogen and oxygen atoms in total. The third-order valence-corrected chi connectivity index (χ3v) is 2.64. The minimum absolute atomic E-state index is 0.179. The SMILES string of the molecule is Cc1c(CCS(=O)(=O)F)cnn1C. The van der Waals surface area contributed by atoms with Crippen molar-refractivity contribution in [3.8, 4) is 0 Å². The van der Waals surface area contributed by atoms with Gasteiger partial charge in [-0.15, -0.1) is 3.89 Å². The van der Waals surface area contributed by atoms with Gasteiger partial charge < -0.3 is 0 Å². The Morgan fingerprint density at radius 3 is 2.62 bits per heavy atom. The van der Waals surface area contributed by atoms with E-state index in [1.807, 2.05) is 6.92 Å². The molecule has 0 atom stereocenters. The van der Waals surface area contributed by atoms with Crippen LogP contribution in [0.3, 0.4) is 0 Å². The van der Waals surface area contributed by atoms with Gasteiger partial charge in [-0.25, -0.2) is 0 Å². The maximum Gasteiger partial charge on any atom is 0.302 e. The lowest BCUT2D eigenvalue weighted by Crippen LogP contribution is -2.03. The number of aromatic nitrogens is 2. The van der Waals surface area contributed by atoms with Crippen LogP contribution in [0.2, 0.25) is 0 Å². The van der Waals surface area contributed by atoms with Crippen LogP contribution < -0.4 is 0 Å². The van der Waals surface area contributed by atoms with E-state index in [9.17, 15) is 12.3 Å². The number of nitrogens with zero attached hydrogens (tertiary/aromatic N) is 2. The minimum Gasteiger partial charge on any atom is -0.273 e. The molecule has 0 radical (unpaired) electrons. The van der Waals surface area contributed by atoms with Crippen LogP contribution in [0.25, 0.3) is 0 Å². The zero-order valence-electron chi connectivity index (χ0n) is 7.49. The summed E-state index contributed by atoms with van der Waals surface area (Å²) in [6.07, 6.45) is 1.74.